The summed E-state index contributed by atoms with van der Waals surface area (Å²) in [4.78, 5) is 16.1. The van der Waals surface area contributed by atoms with Gasteiger partial charge in [-0.3, -0.25) is 9.80 Å². The fourth-order valence-electron chi connectivity index (χ4n) is 5.16. The Balaban J connectivity index is 1.22. The summed E-state index contributed by atoms with van der Waals surface area (Å²) in [7, 11) is 0. The Morgan fingerprint density at radius 1 is 1.09 bits per heavy atom. The summed E-state index contributed by atoms with van der Waals surface area (Å²) >= 11 is 0. The number of anilines is 1. The second kappa shape index (κ2) is 10.4. The average Bonchev–Trinajstić information content (AvgIpc) is 2.79. The number of hydrogen-bond acceptors (Lipinski definition) is 6. The zero-order valence-corrected chi connectivity index (χ0v) is 19.1. The molecule has 1 aromatic heterocycles. The number of hydrogen-bond donors (Lipinski definition) is 0. The summed E-state index contributed by atoms with van der Waals surface area (Å²) in [5.41, 5.74) is 1.56. The number of piperazine rings is 1. The van der Waals surface area contributed by atoms with Gasteiger partial charge in [0.25, 0.3) is 0 Å². The lowest BCUT2D eigenvalue weighted by Crippen LogP contribution is -2.57. The second-order valence-electron chi connectivity index (χ2n) is 9.36. The highest BCUT2D eigenvalue weighted by Gasteiger charge is 2.31. The van der Waals surface area contributed by atoms with Gasteiger partial charge in [-0.25, -0.2) is 14.4 Å². The van der Waals surface area contributed by atoms with Gasteiger partial charge < -0.3 is 4.90 Å². The summed E-state index contributed by atoms with van der Waals surface area (Å²) in [6.45, 7) is 10.5. The molecule has 0 aliphatic carbocycles. The Morgan fingerprint density at radius 2 is 1.78 bits per heavy atom. The van der Waals surface area contributed by atoms with E-state index in [4.69, 9.17) is 5.26 Å². The minimum Gasteiger partial charge on any atom is -0.338 e. The minimum absolute atomic E-state index is 0.147. The molecule has 3 heterocycles. The van der Waals surface area contributed by atoms with Gasteiger partial charge in [0.05, 0.1) is 18.0 Å². The van der Waals surface area contributed by atoms with Crippen molar-refractivity contribution in [2.75, 3.05) is 37.6 Å². The van der Waals surface area contributed by atoms with Gasteiger partial charge in [-0.15, -0.1) is 0 Å². The molecular weight excluding hydrogens is 403 g/mol. The number of rotatable bonds is 6. The van der Waals surface area contributed by atoms with Crippen LogP contribution < -0.4 is 4.90 Å². The molecule has 2 aliphatic heterocycles. The van der Waals surface area contributed by atoms with Gasteiger partial charge in [0.15, 0.2) is 0 Å². The molecular formula is C25H33FN6. The average molecular weight is 437 g/mol. The monoisotopic (exact) mass is 436 g/mol. The predicted molar refractivity (Wildman–Crippen MR) is 124 cm³/mol. The molecule has 7 heteroatoms. The summed E-state index contributed by atoms with van der Waals surface area (Å²) in [5.74, 6) is 1.33. The van der Waals surface area contributed by atoms with Crippen LogP contribution in [0.15, 0.2) is 36.7 Å². The SMILES string of the molecule is C[C@@H]1CN(c2ncc(C#N)cn2)C[C@H](C)N1CCC1CCN(Cc2cccc(F)c2)CC1. The predicted octanol–water partition coefficient (Wildman–Crippen LogP) is 3.69. The van der Waals surface area contributed by atoms with E-state index in [-0.39, 0.29) is 5.82 Å². The third-order valence-electron chi connectivity index (χ3n) is 6.95. The lowest BCUT2D eigenvalue weighted by molar-refractivity contribution is 0.107. The van der Waals surface area contributed by atoms with E-state index >= 15 is 0 Å². The normalized spacial score (nSPS) is 23.2. The Bertz CT molecular complexity index is 907. The molecule has 2 aromatic rings. The van der Waals surface area contributed by atoms with Crippen molar-refractivity contribution < 1.29 is 4.39 Å². The van der Waals surface area contributed by atoms with Crippen LogP contribution in [0.4, 0.5) is 10.3 Å². The number of nitrogens with zero attached hydrogens (tertiary/aromatic N) is 6. The largest absolute Gasteiger partial charge is 0.338 e. The van der Waals surface area contributed by atoms with E-state index in [0.717, 1.165) is 50.7 Å². The number of likely N-dealkylation sites (tertiary alicyclic amines) is 1. The van der Waals surface area contributed by atoms with E-state index in [9.17, 15) is 4.39 Å². The van der Waals surface area contributed by atoms with Gasteiger partial charge in [0.1, 0.15) is 11.9 Å². The molecule has 0 radical (unpaired) electrons. The number of benzene rings is 1. The number of halogens is 1. The molecule has 6 nitrogen and oxygen atoms in total. The first-order chi connectivity index (χ1) is 15.5. The van der Waals surface area contributed by atoms with E-state index in [2.05, 4.69) is 44.6 Å². The van der Waals surface area contributed by atoms with Crippen LogP contribution in [0, 0.1) is 23.1 Å². The number of piperidine rings is 1. The quantitative estimate of drug-likeness (QED) is 0.688. The van der Waals surface area contributed by atoms with Crippen molar-refractivity contribution in [3.05, 3.63) is 53.6 Å². The van der Waals surface area contributed by atoms with E-state index in [1.807, 2.05) is 6.07 Å². The van der Waals surface area contributed by atoms with E-state index in [0.29, 0.717) is 23.6 Å². The molecule has 0 amide bonds. The molecule has 0 spiro atoms. The highest BCUT2D eigenvalue weighted by Crippen LogP contribution is 2.25. The van der Waals surface area contributed by atoms with Crippen LogP contribution in [0.25, 0.3) is 0 Å². The summed E-state index contributed by atoms with van der Waals surface area (Å²) in [6.07, 6.45) is 6.87. The zero-order chi connectivity index (χ0) is 22.5. The third-order valence-corrected chi connectivity index (χ3v) is 6.95. The lowest BCUT2D eigenvalue weighted by atomic mass is 9.92. The fraction of sp³-hybridized carbons (Fsp3) is 0.560. The molecule has 1 aromatic carbocycles. The molecule has 0 unspecified atom stereocenters. The van der Waals surface area contributed by atoms with Gasteiger partial charge in [0.2, 0.25) is 5.95 Å². The third kappa shape index (κ3) is 5.62. The molecule has 0 bridgehead atoms. The van der Waals surface area contributed by atoms with Crippen LogP contribution in [-0.4, -0.2) is 64.6 Å². The van der Waals surface area contributed by atoms with Gasteiger partial charge in [-0.05, 0) is 76.4 Å². The number of nitriles is 1. The van der Waals surface area contributed by atoms with Crippen LogP contribution >= 0.6 is 0 Å². The van der Waals surface area contributed by atoms with Crippen LogP contribution in [0.2, 0.25) is 0 Å². The molecule has 32 heavy (non-hydrogen) atoms. The van der Waals surface area contributed by atoms with Crippen molar-refractivity contribution in [3.63, 3.8) is 0 Å². The second-order valence-corrected chi connectivity index (χ2v) is 9.36. The van der Waals surface area contributed by atoms with E-state index < -0.39 is 0 Å². The van der Waals surface area contributed by atoms with Crippen molar-refractivity contribution in [2.45, 2.75) is 51.7 Å². The van der Waals surface area contributed by atoms with E-state index in [1.54, 1.807) is 24.5 Å². The van der Waals surface area contributed by atoms with Crippen LogP contribution in [0.5, 0.6) is 0 Å². The Hall–Kier alpha value is -2.56. The Kier molecular flexibility index (Phi) is 7.33. The smallest absolute Gasteiger partial charge is 0.225 e. The maximum atomic E-state index is 13.4. The summed E-state index contributed by atoms with van der Waals surface area (Å²) in [6, 6.07) is 9.92. The van der Waals surface area contributed by atoms with Crippen molar-refractivity contribution in [3.8, 4) is 6.07 Å². The summed E-state index contributed by atoms with van der Waals surface area (Å²) < 4.78 is 13.4. The lowest BCUT2D eigenvalue weighted by Gasteiger charge is -2.45. The highest BCUT2D eigenvalue weighted by atomic mass is 19.1. The highest BCUT2D eigenvalue weighted by molar-refractivity contribution is 5.34. The molecule has 0 saturated carbocycles. The van der Waals surface area contributed by atoms with Gasteiger partial charge in [0, 0.05) is 31.7 Å². The topological polar surface area (TPSA) is 59.3 Å². The molecule has 2 fully saturated rings. The standard InChI is InChI=1S/C25H33FN6/c1-19-16-31(25-28-14-23(13-27)15-29-25)17-20(2)32(19)11-8-21-6-9-30(10-7-21)18-22-4-3-5-24(26)12-22/h3-5,12,14-15,19-21H,6-11,16-18H2,1-2H3/t19-,20+. The molecule has 2 aliphatic rings. The van der Waals surface area contributed by atoms with Crippen molar-refractivity contribution >= 4 is 5.95 Å². The number of aromatic nitrogens is 2. The van der Waals surface area contributed by atoms with Crippen molar-refractivity contribution in [1.82, 2.24) is 19.8 Å². The van der Waals surface area contributed by atoms with E-state index in [1.165, 1.54) is 25.3 Å². The molecule has 0 N–H and O–H groups in total. The van der Waals surface area contributed by atoms with Crippen LogP contribution in [0.1, 0.15) is 44.2 Å². The van der Waals surface area contributed by atoms with Crippen molar-refractivity contribution in [2.24, 2.45) is 5.92 Å². The molecule has 170 valence electrons. The van der Waals surface area contributed by atoms with Crippen LogP contribution in [0.3, 0.4) is 0 Å². The molecule has 2 saturated heterocycles. The summed E-state index contributed by atoms with van der Waals surface area (Å²) in [5, 5.41) is 8.95. The maximum Gasteiger partial charge on any atom is 0.225 e. The van der Waals surface area contributed by atoms with Crippen LogP contribution in [-0.2, 0) is 6.54 Å². The zero-order valence-electron chi connectivity index (χ0n) is 19.1. The maximum absolute atomic E-state index is 13.4. The minimum atomic E-state index is -0.147. The fourth-order valence-corrected chi connectivity index (χ4v) is 5.16. The molecule has 2 atom stereocenters. The van der Waals surface area contributed by atoms with Crippen molar-refractivity contribution in [1.29, 1.82) is 5.26 Å². The van der Waals surface area contributed by atoms with Gasteiger partial charge in [-0.1, -0.05) is 12.1 Å². The first-order valence-corrected chi connectivity index (χ1v) is 11.7. The van der Waals surface area contributed by atoms with Gasteiger partial charge in [-0.2, -0.15) is 5.26 Å². The first kappa shape index (κ1) is 22.6. The Morgan fingerprint density at radius 3 is 2.41 bits per heavy atom. The first-order valence-electron chi connectivity index (χ1n) is 11.7. The Labute approximate surface area is 190 Å². The van der Waals surface area contributed by atoms with Gasteiger partial charge >= 0.3 is 0 Å². The molecule has 4 rings (SSSR count).